The minimum Gasteiger partial charge on any atom is -0.478 e. The third-order valence-electron chi connectivity index (χ3n) is 6.56. The summed E-state index contributed by atoms with van der Waals surface area (Å²) in [4.78, 5) is 42.2. The van der Waals surface area contributed by atoms with Gasteiger partial charge in [0.05, 0.1) is 24.4 Å². The van der Waals surface area contributed by atoms with Crippen LogP contribution in [0.2, 0.25) is 0 Å². The van der Waals surface area contributed by atoms with Gasteiger partial charge in [-0.3, -0.25) is 9.59 Å². The maximum absolute atomic E-state index is 12.7. The number of nitrogen functional groups attached to an aromatic ring is 1. The van der Waals surface area contributed by atoms with Crippen molar-refractivity contribution in [3.63, 3.8) is 0 Å². The number of likely N-dealkylation sites (tertiary alicyclic amines) is 1. The van der Waals surface area contributed by atoms with Gasteiger partial charge in [-0.15, -0.1) is 0 Å². The molecule has 3 aromatic heterocycles. The monoisotopic (exact) mass is 485 g/mol. The van der Waals surface area contributed by atoms with E-state index in [1.807, 2.05) is 23.1 Å². The fourth-order valence-corrected chi connectivity index (χ4v) is 4.59. The number of H-pyrrole nitrogens is 1. The van der Waals surface area contributed by atoms with E-state index in [0.717, 1.165) is 31.6 Å². The van der Waals surface area contributed by atoms with Gasteiger partial charge in [0, 0.05) is 31.9 Å². The van der Waals surface area contributed by atoms with Crippen LogP contribution >= 0.6 is 0 Å². The summed E-state index contributed by atoms with van der Waals surface area (Å²) in [6.07, 6.45) is 5.01. The molecule has 5 rings (SSSR count). The van der Waals surface area contributed by atoms with Gasteiger partial charge in [-0.2, -0.15) is 0 Å². The molecule has 4 aromatic rings. The van der Waals surface area contributed by atoms with Gasteiger partial charge in [0.25, 0.3) is 11.4 Å². The minimum atomic E-state index is -0.246. The number of rotatable bonds is 5. The first-order valence-corrected chi connectivity index (χ1v) is 11.7. The number of nitrogens with two attached hydrogens (primary N) is 1. The average molecular weight is 486 g/mol. The number of nitrogens with one attached hydrogen (secondary N) is 2. The summed E-state index contributed by atoms with van der Waals surface area (Å²) in [5.74, 6) is 1.35. The van der Waals surface area contributed by atoms with Crippen molar-refractivity contribution < 1.29 is 9.53 Å². The van der Waals surface area contributed by atoms with Crippen LogP contribution < -0.4 is 21.3 Å². The van der Waals surface area contributed by atoms with E-state index in [-0.39, 0.29) is 23.2 Å². The first kappa shape index (κ1) is 23.3. The lowest BCUT2D eigenvalue weighted by atomic mass is 9.89. The molecular formula is C26H27N7O3. The Balaban J connectivity index is 1.45. The van der Waals surface area contributed by atoms with Gasteiger partial charge in [-0.25, -0.2) is 15.0 Å². The number of amides is 1. The SMILES string of the molecule is COc1nc(-c2cc3cc[nH]c(=O)c3c(Nc3ccc(C4CCN(C(C)=O)CC4)cc3)n2)cnc1N. The molecule has 0 unspecified atom stereocenters. The van der Waals surface area contributed by atoms with Gasteiger partial charge in [0.15, 0.2) is 5.82 Å². The number of nitrogens with zero attached hydrogens (tertiary/aromatic N) is 4. The second-order valence-electron chi connectivity index (χ2n) is 8.80. The number of benzene rings is 1. The van der Waals surface area contributed by atoms with E-state index in [2.05, 4.69) is 32.4 Å². The molecule has 4 heterocycles. The molecule has 1 saturated heterocycles. The summed E-state index contributed by atoms with van der Waals surface area (Å²) in [6, 6.07) is 11.7. The van der Waals surface area contributed by atoms with Crippen LogP contribution in [0.15, 0.2) is 53.6 Å². The Morgan fingerprint density at radius 3 is 2.58 bits per heavy atom. The summed E-state index contributed by atoms with van der Waals surface area (Å²) in [5.41, 5.74) is 8.59. The van der Waals surface area contributed by atoms with Gasteiger partial charge >= 0.3 is 0 Å². The van der Waals surface area contributed by atoms with Crippen LogP contribution in [0.4, 0.5) is 17.3 Å². The Morgan fingerprint density at radius 2 is 1.89 bits per heavy atom. The van der Waals surface area contributed by atoms with Crippen LogP contribution in [-0.4, -0.2) is 50.9 Å². The Kier molecular flexibility index (Phi) is 6.24. The Hall–Kier alpha value is -4.47. The van der Waals surface area contributed by atoms with Crippen LogP contribution in [0.3, 0.4) is 0 Å². The van der Waals surface area contributed by atoms with E-state index < -0.39 is 0 Å². The zero-order valence-corrected chi connectivity index (χ0v) is 20.1. The van der Waals surface area contributed by atoms with Crippen LogP contribution in [0, 0.1) is 0 Å². The van der Waals surface area contributed by atoms with Gasteiger partial charge in [-0.05, 0) is 54.0 Å². The Labute approximate surface area is 207 Å². The molecule has 1 amide bonds. The molecule has 0 radical (unpaired) electrons. The second kappa shape index (κ2) is 9.65. The van der Waals surface area contributed by atoms with Crippen molar-refractivity contribution in [1.82, 2.24) is 24.8 Å². The van der Waals surface area contributed by atoms with Crippen molar-refractivity contribution in [3.05, 3.63) is 64.7 Å². The third-order valence-corrected chi connectivity index (χ3v) is 6.56. The summed E-state index contributed by atoms with van der Waals surface area (Å²) < 4.78 is 5.20. The molecule has 0 bridgehead atoms. The molecule has 10 heteroatoms. The predicted octanol–water partition coefficient (Wildman–Crippen LogP) is 3.44. The van der Waals surface area contributed by atoms with E-state index >= 15 is 0 Å². The average Bonchev–Trinajstić information content (AvgIpc) is 2.89. The lowest BCUT2D eigenvalue weighted by molar-refractivity contribution is -0.129. The van der Waals surface area contributed by atoms with Gasteiger partial charge in [-0.1, -0.05) is 12.1 Å². The molecule has 10 nitrogen and oxygen atoms in total. The lowest BCUT2D eigenvalue weighted by Gasteiger charge is -2.31. The van der Waals surface area contributed by atoms with E-state index in [4.69, 9.17) is 15.5 Å². The molecule has 0 spiro atoms. The molecule has 1 aromatic carbocycles. The fraction of sp³-hybridized carbons (Fsp3) is 0.269. The zero-order chi connectivity index (χ0) is 25.2. The van der Waals surface area contributed by atoms with Crippen LogP contribution in [0.5, 0.6) is 5.88 Å². The molecule has 0 aliphatic carbocycles. The minimum absolute atomic E-state index is 0.133. The van der Waals surface area contributed by atoms with E-state index in [9.17, 15) is 9.59 Å². The molecule has 1 fully saturated rings. The van der Waals surface area contributed by atoms with Crippen molar-refractivity contribution in [2.45, 2.75) is 25.7 Å². The number of hydrogen-bond donors (Lipinski definition) is 3. The van der Waals surface area contributed by atoms with Crippen molar-refractivity contribution in [1.29, 1.82) is 0 Å². The number of pyridine rings is 2. The number of anilines is 3. The predicted molar refractivity (Wildman–Crippen MR) is 138 cm³/mol. The van der Waals surface area contributed by atoms with Crippen molar-refractivity contribution in [3.8, 4) is 17.3 Å². The summed E-state index contributed by atoms with van der Waals surface area (Å²) in [6.45, 7) is 3.18. The molecule has 1 aliphatic rings. The van der Waals surface area contributed by atoms with E-state index in [1.54, 1.807) is 19.2 Å². The Morgan fingerprint density at radius 1 is 1.14 bits per heavy atom. The number of aromatic amines is 1. The smallest absolute Gasteiger partial charge is 0.259 e. The molecule has 0 atom stereocenters. The highest BCUT2D eigenvalue weighted by molar-refractivity contribution is 5.94. The Bertz CT molecular complexity index is 1480. The van der Waals surface area contributed by atoms with E-state index in [0.29, 0.717) is 33.9 Å². The maximum atomic E-state index is 12.7. The highest BCUT2D eigenvalue weighted by Crippen LogP contribution is 2.31. The largest absolute Gasteiger partial charge is 0.478 e. The highest BCUT2D eigenvalue weighted by Gasteiger charge is 2.22. The van der Waals surface area contributed by atoms with Gasteiger partial charge in [0.2, 0.25) is 5.91 Å². The molecule has 0 saturated carbocycles. The van der Waals surface area contributed by atoms with E-state index in [1.165, 1.54) is 18.9 Å². The standard InChI is InChI=1S/C26H27N7O3/c1-15(34)33-11-8-17(9-12-33)16-3-5-19(6-4-16)30-24-22-18(7-10-28-25(22)35)13-20(31-24)21-14-29-23(27)26(32-21)36-2/h3-7,10,13-14,17H,8-9,11-12H2,1-2H3,(H2,27,29)(H,28,35)(H,30,31). The second-order valence-corrected chi connectivity index (χ2v) is 8.80. The molecule has 4 N–H and O–H groups in total. The first-order chi connectivity index (χ1) is 17.4. The number of aromatic nitrogens is 4. The van der Waals surface area contributed by atoms with Crippen LogP contribution in [0.1, 0.15) is 31.2 Å². The topological polar surface area (TPSA) is 139 Å². The molecule has 1 aliphatic heterocycles. The van der Waals surface area contributed by atoms with Crippen molar-refractivity contribution in [2.24, 2.45) is 0 Å². The summed E-state index contributed by atoms with van der Waals surface area (Å²) >= 11 is 0. The molecule has 36 heavy (non-hydrogen) atoms. The first-order valence-electron chi connectivity index (χ1n) is 11.7. The number of fused-ring (bicyclic) bond motifs is 1. The number of hydrogen-bond acceptors (Lipinski definition) is 8. The number of carbonyl (C=O) groups excluding carboxylic acids is 1. The number of ether oxygens (including phenoxy) is 1. The summed E-state index contributed by atoms with van der Waals surface area (Å²) in [7, 11) is 1.47. The van der Waals surface area contributed by atoms with Crippen LogP contribution in [0.25, 0.3) is 22.2 Å². The highest BCUT2D eigenvalue weighted by atomic mass is 16.5. The normalized spacial score (nSPS) is 14.1. The zero-order valence-electron chi connectivity index (χ0n) is 20.1. The fourth-order valence-electron chi connectivity index (χ4n) is 4.59. The lowest BCUT2D eigenvalue weighted by Crippen LogP contribution is -2.36. The van der Waals surface area contributed by atoms with Gasteiger partial charge in [0.1, 0.15) is 11.5 Å². The molecular weight excluding hydrogens is 458 g/mol. The maximum Gasteiger partial charge on any atom is 0.259 e. The van der Waals surface area contributed by atoms with Crippen LogP contribution in [-0.2, 0) is 4.79 Å². The van der Waals surface area contributed by atoms with Crippen molar-refractivity contribution in [2.75, 3.05) is 31.2 Å². The number of piperidine rings is 1. The quantitative estimate of drug-likeness (QED) is 0.391. The third kappa shape index (κ3) is 4.57. The molecule has 184 valence electrons. The van der Waals surface area contributed by atoms with Crippen molar-refractivity contribution >= 4 is 34.0 Å². The summed E-state index contributed by atoms with van der Waals surface area (Å²) in [5, 5.41) is 4.45. The van der Waals surface area contributed by atoms with Gasteiger partial charge < -0.3 is 25.7 Å². The number of methoxy groups -OCH3 is 1. The number of carbonyl (C=O) groups is 1.